The van der Waals surface area contributed by atoms with E-state index in [1.807, 2.05) is 0 Å². The highest BCUT2D eigenvalue weighted by Gasteiger charge is 2.19. The molecule has 0 aliphatic heterocycles. The van der Waals surface area contributed by atoms with Crippen molar-refractivity contribution in [2.75, 3.05) is 13.2 Å². The van der Waals surface area contributed by atoms with Gasteiger partial charge in [-0.2, -0.15) is 0 Å². The first-order chi connectivity index (χ1) is 39.0. The zero-order chi connectivity index (χ0) is 57.1. The van der Waals surface area contributed by atoms with Gasteiger partial charge in [0.05, 0.1) is 0 Å². The molecule has 0 rings (SSSR count). The molecule has 0 aromatic heterocycles. The third kappa shape index (κ3) is 66.6. The molecule has 0 aromatic rings. The summed E-state index contributed by atoms with van der Waals surface area (Å²) in [5.41, 5.74) is 0. The van der Waals surface area contributed by atoms with Gasteiger partial charge >= 0.3 is 17.9 Å². The van der Waals surface area contributed by atoms with Crippen molar-refractivity contribution < 1.29 is 28.6 Å². The molecule has 1 unspecified atom stereocenters. The molecular weight excluding hydrogens is 973 g/mol. The van der Waals surface area contributed by atoms with Crippen LogP contribution in [0.4, 0.5) is 0 Å². The lowest BCUT2D eigenvalue weighted by Crippen LogP contribution is -2.30. The smallest absolute Gasteiger partial charge is 0.306 e. The molecule has 0 aliphatic rings. The summed E-state index contributed by atoms with van der Waals surface area (Å²) in [5, 5.41) is 0. The molecular formula is C73H138O6. The fraction of sp³-hybridized carbons (Fsp3) is 0.904. The first-order valence-corrected chi connectivity index (χ1v) is 35.8. The summed E-state index contributed by atoms with van der Waals surface area (Å²) in [6.07, 6.45) is 83.5. The van der Waals surface area contributed by atoms with Crippen LogP contribution < -0.4 is 0 Å². The first-order valence-electron chi connectivity index (χ1n) is 35.8. The SMILES string of the molecule is CCCCCCCC/C=C\CCCCCCCCCC(=O)OCC(COC(=O)CCCCCCCCCCCCCCCCCCCCCCCCC)OC(=O)CCCCCCCCCCC/C=C\CCCCCCCCCC. The molecule has 0 N–H and O–H groups in total. The van der Waals surface area contributed by atoms with Crippen molar-refractivity contribution in [1.29, 1.82) is 0 Å². The van der Waals surface area contributed by atoms with Crippen LogP contribution in [0.5, 0.6) is 0 Å². The molecule has 0 spiro atoms. The molecule has 6 heteroatoms. The van der Waals surface area contributed by atoms with E-state index in [1.54, 1.807) is 0 Å². The lowest BCUT2D eigenvalue weighted by Gasteiger charge is -2.18. The van der Waals surface area contributed by atoms with E-state index in [1.165, 1.54) is 308 Å². The van der Waals surface area contributed by atoms with Gasteiger partial charge < -0.3 is 14.2 Å². The number of allylic oxidation sites excluding steroid dienone is 4. The Morgan fingerprint density at radius 3 is 0.633 bits per heavy atom. The molecule has 0 bridgehead atoms. The van der Waals surface area contributed by atoms with E-state index in [9.17, 15) is 14.4 Å². The minimum absolute atomic E-state index is 0.0677. The molecule has 0 heterocycles. The Morgan fingerprint density at radius 1 is 0.241 bits per heavy atom. The number of hydrogen-bond donors (Lipinski definition) is 0. The molecule has 0 radical (unpaired) electrons. The van der Waals surface area contributed by atoms with Gasteiger partial charge in [-0.25, -0.2) is 0 Å². The van der Waals surface area contributed by atoms with Gasteiger partial charge in [0.25, 0.3) is 0 Å². The second-order valence-corrected chi connectivity index (χ2v) is 24.5. The molecule has 0 aromatic carbocycles. The standard InChI is InChI=1S/C73H138O6/c1-4-7-10-13-16-19-22-25-28-31-33-35-36-38-39-42-45-48-51-54-57-60-63-66-72(75)78-69-70(68-77-71(74)65-62-59-56-53-50-47-44-41-30-27-24-21-18-15-12-9-6-3)79-73(76)67-64-61-58-55-52-49-46-43-40-37-34-32-29-26-23-20-17-14-11-8-5-2/h27,30,32,34,70H,4-26,28-29,31,33,35-69H2,1-3H3/b30-27-,34-32-. The average molecular weight is 1110 g/mol. The third-order valence-corrected chi connectivity index (χ3v) is 16.4. The topological polar surface area (TPSA) is 78.9 Å². The lowest BCUT2D eigenvalue weighted by molar-refractivity contribution is -0.167. The third-order valence-electron chi connectivity index (χ3n) is 16.4. The molecule has 0 aliphatic carbocycles. The van der Waals surface area contributed by atoms with Crippen molar-refractivity contribution >= 4 is 17.9 Å². The second-order valence-electron chi connectivity index (χ2n) is 24.5. The van der Waals surface area contributed by atoms with E-state index >= 15 is 0 Å². The van der Waals surface area contributed by atoms with Gasteiger partial charge in [-0.05, 0) is 70.6 Å². The Bertz CT molecular complexity index is 1270. The van der Waals surface area contributed by atoms with Crippen molar-refractivity contribution in [3.05, 3.63) is 24.3 Å². The Balaban J connectivity index is 4.29. The highest BCUT2D eigenvalue weighted by molar-refractivity contribution is 5.71. The van der Waals surface area contributed by atoms with Gasteiger partial charge in [-0.3, -0.25) is 14.4 Å². The normalized spacial score (nSPS) is 12.1. The Hall–Kier alpha value is -2.11. The van der Waals surface area contributed by atoms with Gasteiger partial charge in [0.1, 0.15) is 13.2 Å². The molecule has 79 heavy (non-hydrogen) atoms. The van der Waals surface area contributed by atoms with Crippen LogP contribution >= 0.6 is 0 Å². The fourth-order valence-corrected chi connectivity index (χ4v) is 11.0. The molecule has 0 saturated heterocycles. The van der Waals surface area contributed by atoms with Crippen LogP contribution in [-0.2, 0) is 28.6 Å². The van der Waals surface area contributed by atoms with E-state index in [0.717, 1.165) is 57.8 Å². The largest absolute Gasteiger partial charge is 0.462 e. The van der Waals surface area contributed by atoms with Gasteiger partial charge in [-0.15, -0.1) is 0 Å². The number of carbonyl (C=O) groups excluding carboxylic acids is 3. The molecule has 466 valence electrons. The van der Waals surface area contributed by atoms with Crippen LogP contribution in [0.3, 0.4) is 0 Å². The number of rotatable bonds is 67. The Kier molecular flexibility index (Phi) is 66.6. The highest BCUT2D eigenvalue weighted by atomic mass is 16.6. The van der Waals surface area contributed by atoms with E-state index in [0.29, 0.717) is 19.3 Å². The van der Waals surface area contributed by atoms with Crippen molar-refractivity contribution in [1.82, 2.24) is 0 Å². The van der Waals surface area contributed by atoms with Crippen molar-refractivity contribution in [3.63, 3.8) is 0 Å². The first kappa shape index (κ1) is 76.9. The summed E-state index contributed by atoms with van der Waals surface area (Å²) in [6, 6.07) is 0. The van der Waals surface area contributed by atoms with Crippen LogP contribution in [0.1, 0.15) is 406 Å². The number of esters is 3. The fourth-order valence-electron chi connectivity index (χ4n) is 11.0. The molecule has 1 atom stereocenters. The molecule has 0 fully saturated rings. The van der Waals surface area contributed by atoms with Gasteiger partial charge in [0.2, 0.25) is 0 Å². The van der Waals surface area contributed by atoms with E-state index in [2.05, 4.69) is 45.1 Å². The lowest BCUT2D eigenvalue weighted by atomic mass is 10.0. The van der Waals surface area contributed by atoms with Crippen LogP contribution in [0, 0.1) is 0 Å². The number of hydrogen-bond acceptors (Lipinski definition) is 6. The molecule has 0 saturated carbocycles. The van der Waals surface area contributed by atoms with Crippen LogP contribution in [0.25, 0.3) is 0 Å². The predicted molar refractivity (Wildman–Crippen MR) is 344 cm³/mol. The Morgan fingerprint density at radius 2 is 0.418 bits per heavy atom. The predicted octanol–water partition coefficient (Wildman–Crippen LogP) is 24.6. The Labute approximate surface area is 493 Å². The second kappa shape index (κ2) is 68.4. The van der Waals surface area contributed by atoms with E-state index in [4.69, 9.17) is 14.2 Å². The summed E-state index contributed by atoms with van der Waals surface area (Å²) in [4.78, 5) is 38.5. The maximum absolute atomic E-state index is 13.0. The summed E-state index contributed by atoms with van der Waals surface area (Å²) in [6.45, 7) is 6.72. The van der Waals surface area contributed by atoms with Crippen molar-refractivity contribution in [2.24, 2.45) is 0 Å². The molecule has 6 nitrogen and oxygen atoms in total. The van der Waals surface area contributed by atoms with E-state index in [-0.39, 0.29) is 31.1 Å². The number of ether oxygens (including phenoxy) is 3. The maximum Gasteiger partial charge on any atom is 0.306 e. The van der Waals surface area contributed by atoms with Crippen LogP contribution in [0.15, 0.2) is 24.3 Å². The quantitative estimate of drug-likeness (QED) is 0.0261. The maximum atomic E-state index is 13.0. The summed E-state index contributed by atoms with van der Waals surface area (Å²) in [5.74, 6) is -0.841. The average Bonchev–Trinajstić information content (AvgIpc) is 3.45. The summed E-state index contributed by atoms with van der Waals surface area (Å²) < 4.78 is 17.0. The zero-order valence-corrected chi connectivity index (χ0v) is 53.7. The van der Waals surface area contributed by atoms with Gasteiger partial charge in [0.15, 0.2) is 6.10 Å². The van der Waals surface area contributed by atoms with Gasteiger partial charge in [0, 0.05) is 19.3 Å². The zero-order valence-electron chi connectivity index (χ0n) is 53.7. The van der Waals surface area contributed by atoms with E-state index < -0.39 is 6.10 Å². The number of carbonyl (C=O) groups is 3. The monoisotopic (exact) mass is 1110 g/mol. The van der Waals surface area contributed by atoms with Gasteiger partial charge in [-0.1, -0.05) is 340 Å². The van der Waals surface area contributed by atoms with Crippen molar-refractivity contribution in [3.8, 4) is 0 Å². The number of unbranched alkanes of at least 4 members (excludes halogenated alkanes) is 52. The van der Waals surface area contributed by atoms with Crippen LogP contribution in [0.2, 0.25) is 0 Å². The van der Waals surface area contributed by atoms with Crippen molar-refractivity contribution in [2.45, 2.75) is 412 Å². The summed E-state index contributed by atoms with van der Waals surface area (Å²) in [7, 11) is 0. The summed E-state index contributed by atoms with van der Waals surface area (Å²) >= 11 is 0. The minimum atomic E-state index is -0.773. The minimum Gasteiger partial charge on any atom is -0.462 e. The van der Waals surface area contributed by atoms with Crippen LogP contribution in [-0.4, -0.2) is 37.2 Å². The highest BCUT2D eigenvalue weighted by Crippen LogP contribution is 2.19. The molecule has 0 amide bonds.